The van der Waals surface area contributed by atoms with Crippen molar-refractivity contribution in [3.05, 3.63) is 41.7 Å². The van der Waals surface area contributed by atoms with E-state index in [1.54, 1.807) is 43.3 Å². The third-order valence-electron chi connectivity index (χ3n) is 3.19. The van der Waals surface area contributed by atoms with Crippen LogP contribution in [0, 0.1) is 0 Å². The van der Waals surface area contributed by atoms with Gasteiger partial charge in [-0.2, -0.15) is 5.10 Å². The minimum atomic E-state index is -0.191. The lowest BCUT2D eigenvalue weighted by atomic mass is 10.1. The van der Waals surface area contributed by atoms with E-state index in [1.165, 1.54) is 0 Å². The maximum Gasteiger partial charge on any atom is 0.252 e. The maximum absolute atomic E-state index is 12.3. The molecule has 0 saturated carbocycles. The number of amides is 1. The van der Waals surface area contributed by atoms with Gasteiger partial charge in [-0.1, -0.05) is 0 Å². The Bertz CT molecular complexity index is 615. The lowest BCUT2D eigenvalue weighted by Gasteiger charge is -2.13. The predicted molar refractivity (Wildman–Crippen MR) is 78.6 cm³/mol. The van der Waals surface area contributed by atoms with Gasteiger partial charge in [0.15, 0.2) is 0 Å². The summed E-state index contributed by atoms with van der Waals surface area (Å²) >= 11 is 0. The summed E-state index contributed by atoms with van der Waals surface area (Å²) in [5, 5.41) is 7.02. The largest absolute Gasteiger partial charge is 0.497 e. The maximum atomic E-state index is 12.3. The van der Waals surface area contributed by atoms with E-state index < -0.39 is 0 Å². The predicted octanol–water partition coefficient (Wildman–Crippen LogP) is 1.93. The lowest BCUT2D eigenvalue weighted by molar-refractivity contribution is 0.0939. The van der Waals surface area contributed by atoms with Gasteiger partial charge in [-0.25, -0.2) is 0 Å². The van der Waals surface area contributed by atoms with Gasteiger partial charge in [0.25, 0.3) is 5.91 Å². The standard InChI is InChI=1S/C15H19N3O3/c1-10(12-8-16-18(2)9-12)17-15(19)11-5-13(20-3)7-14(6-11)21-4/h5-10H,1-4H3,(H,17,19)/t10-/m0/s1. The number of benzene rings is 1. The number of hydrogen-bond acceptors (Lipinski definition) is 4. The summed E-state index contributed by atoms with van der Waals surface area (Å²) in [7, 11) is 4.94. The molecular weight excluding hydrogens is 270 g/mol. The molecule has 0 radical (unpaired) electrons. The molecule has 21 heavy (non-hydrogen) atoms. The fourth-order valence-corrected chi connectivity index (χ4v) is 1.97. The Kier molecular flexibility index (Phi) is 4.47. The smallest absolute Gasteiger partial charge is 0.252 e. The van der Waals surface area contributed by atoms with Crippen LogP contribution in [0.1, 0.15) is 28.9 Å². The second-order valence-electron chi connectivity index (χ2n) is 4.74. The van der Waals surface area contributed by atoms with E-state index in [1.807, 2.05) is 20.2 Å². The lowest BCUT2D eigenvalue weighted by Crippen LogP contribution is -2.26. The number of aromatic nitrogens is 2. The summed E-state index contributed by atoms with van der Waals surface area (Å²) in [5.41, 5.74) is 1.43. The average Bonchev–Trinajstić information content (AvgIpc) is 2.93. The second-order valence-corrected chi connectivity index (χ2v) is 4.74. The van der Waals surface area contributed by atoms with Gasteiger partial charge in [0, 0.05) is 30.4 Å². The molecule has 0 aliphatic rings. The van der Waals surface area contributed by atoms with Crippen molar-refractivity contribution in [1.29, 1.82) is 0 Å². The quantitative estimate of drug-likeness (QED) is 0.913. The summed E-state index contributed by atoms with van der Waals surface area (Å²) in [6, 6.07) is 4.94. The molecular formula is C15H19N3O3. The molecule has 1 aromatic heterocycles. The van der Waals surface area contributed by atoms with E-state index >= 15 is 0 Å². The van der Waals surface area contributed by atoms with Crippen molar-refractivity contribution in [2.75, 3.05) is 14.2 Å². The molecule has 0 spiro atoms. The van der Waals surface area contributed by atoms with Crippen LogP contribution in [-0.2, 0) is 7.05 Å². The highest BCUT2D eigenvalue weighted by molar-refractivity contribution is 5.95. The van der Waals surface area contributed by atoms with Gasteiger partial charge in [-0.3, -0.25) is 9.48 Å². The highest BCUT2D eigenvalue weighted by Gasteiger charge is 2.14. The van der Waals surface area contributed by atoms with E-state index in [0.717, 1.165) is 5.56 Å². The molecule has 6 heteroatoms. The normalized spacial score (nSPS) is 11.8. The summed E-state index contributed by atoms with van der Waals surface area (Å²) in [6.45, 7) is 1.91. The fourth-order valence-electron chi connectivity index (χ4n) is 1.97. The van der Waals surface area contributed by atoms with Gasteiger partial charge in [-0.15, -0.1) is 0 Å². The van der Waals surface area contributed by atoms with Crippen LogP contribution >= 0.6 is 0 Å². The van der Waals surface area contributed by atoms with Crippen molar-refractivity contribution < 1.29 is 14.3 Å². The molecule has 112 valence electrons. The van der Waals surface area contributed by atoms with Gasteiger partial charge in [-0.05, 0) is 19.1 Å². The first kappa shape index (κ1) is 14.9. The van der Waals surface area contributed by atoms with Gasteiger partial charge in [0.05, 0.1) is 26.5 Å². The van der Waals surface area contributed by atoms with Crippen LogP contribution in [0.4, 0.5) is 0 Å². The van der Waals surface area contributed by atoms with E-state index in [0.29, 0.717) is 17.1 Å². The minimum absolute atomic E-state index is 0.136. The number of nitrogens with zero attached hydrogens (tertiary/aromatic N) is 2. The number of carbonyl (C=O) groups is 1. The number of nitrogens with one attached hydrogen (secondary N) is 1. The molecule has 0 fully saturated rings. The zero-order chi connectivity index (χ0) is 15.4. The Hall–Kier alpha value is -2.50. The Morgan fingerprint density at radius 2 is 1.86 bits per heavy atom. The monoisotopic (exact) mass is 289 g/mol. The van der Waals surface area contributed by atoms with Gasteiger partial charge >= 0.3 is 0 Å². The van der Waals surface area contributed by atoms with E-state index in [2.05, 4.69) is 10.4 Å². The number of hydrogen-bond donors (Lipinski definition) is 1. The molecule has 1 amide bonds. The molecule has 0 aliphatic heterocycles. The first-order chi connectivity index (χ1) is 10.0. The highest BCUT2D eigenvalue weighted by Crippen LogP contribution is 2.23. The zero-order valence-corrected chi connectivity index (χ0v) is 12.6. The van der Waals surface area contributed by atoms with Crippen molar-refractivity contribution in [2.45, 2.75) is 13.0 Å². The molecule has 0 saturated heterocycles. The molecule has 1 atom stereocenters. The summed E-state index contributed by atoms with van der Waals surface area (Å²) in [6.07, 6.45) is 3.61. The van der Waals surface area contributed by atoms with Crippen LogP contribution in [0.25, 0.3) is 0 Å². The van der Waals surface area contributed by atoms with Crippen molar-refractivity contribution >= 4 is 5.91 Å². The number of methoxy groups -OCH3 is 2. The average molecular weight is 289 g/mol. The fraction of sp³-hybridized carbons (Fsp3) is 0.333. The second kappa shape index (κ2) is 6.30. The van der Waals surface area contributed by atoms with Crippen molar-refractivity contribution in [3.8, 4) is 11.5 Å². The number of rotatable bonds is 5. The van der Waals surface area contributed by atoms with E-state index in [9.17, 15) is 4.79 Å². The van der Waals surface area contributed by atoms with Crippen LogP contribution in [0.3, 0.4) is 0 Å². The van der Waals surface area contributed by atoms with E-state index in [4.69, 9.17) is 9.47 Å². The summed E-state index contributed by atoms with van der Waals surface area (Å²) in [5.74, 6) is 0.964. The Balaban J connectivity index is 2.16. The first-order valence-corrected chi connectivity index (χ1v) is 6.56. The molecule has 1 aromatic carbocycles. The van der Waals surface area contributed by atoms with Crippen LogP contribution in [-0.4, -0.2) is 29.9 Å². The molecule has 0 aliphatic carbocycles. The molecule has 0 bridgehead atoms. The molecule has 2 aromatic rings. The topological polar surface area (TPSA) is 65.4 Å². The minimum Gasteiger partial charge on any atom is -0.497 e. The van der Waals surface area contributed by atoms with E-state index in [-0.39, 0.29) is 11.9 Å². The Morgan fingerprint density at radius 1 is 1.24 bits per heavy atom. The van der Waals surface area contributed by atoms with Crippen LogP contribution in [0.15, 0.2) is 30.6 Å². The van der Waals surface area contributed by atoms with Crippen molar-refractivity contribution in [3.63, 3.8) is 0 Å². The number of ether oxygens (including phenoxy) is 2. The molecule has 2 rings (SSSR count). The number of aryl methyl sites for hydroxylation is 1. The number of carbonyl (C=O) groups excluding carboxylic acids is 1. The Labute approximate surface area is 123 Å². The molecule has 1 heterocycles. The van der Waals surface area contributed by atoms with Crippen molar-refractivity contribution in [1.82, 2.24) is 15.1 Å². The van der Waals surface area contributed by atoms with Gasteiger partial charge in [0.1, 0.15) is 11.5 Å². The third-order valence-corrected chi connectivity index (χ3v) is 3.19. The van der Waals surface area contributed by atoms with Gasteiger partial charge < -0.3 is 14.8 Å². The van der Waals surface area contributed by atoms with Crippen molar-refractivity contribution in [2.24, 2.45) is 7.05 Å². The van der Waals surface area contributed by atoms with Crippen LogP contribution < -0.4 is 14.8 Å². The highest BCUT2D eigenvalue weighted by atomic mass is 16.5. The molecule has 6 nitrogen and oxygen atoms in total. The van der Waals surface area contributed by atoms with Gasteiger partial charge in [0.2, 0.25) is 0 Å². The third kappa shape index (κ3) is 3.53. The van der Waals surface area contributed by atoms with Crippen LogP contribution in [0.2, 0.25) is 0 Å². The SMILES string of the molecule is COc1cc(OC)cc(C(=O)N[C@@H](C)c2cnn(C)c2)c1. The first-order valence-electron chi connectivity index (χ1n) is 6.56. The molecule has 0 unspecified atom stereocenters. The summed E-state index contributed by atoms with van der Waals surface area (Å²) in [4.78, 5) is 12.3. The molecule has 1 N–H and O–H groups in total. The zero-order valence-electron chi connectivity index (χ0n) is 12.6. The van der Waals surface area contributed by atoms with Crippen LogP contribution in [0.5, 0.6) is 11.5 Å². The summed E-state index contributed by atoms with van der Waals surface area (Å²) < 4.78 is 12.0. The Morgan fingerprint density at radius 3 is 2.33 bits per heavy atom.